The smallest absolute Gasteiger partial charge is 0.153 e. The first kappa shape index (κ1) is 12.9. The van der Waals surface area contributed by atoms with Crippen LogP contribution in [0.3, 0.4) is 0 Å². The maximum Gasteiger partial charge on any atom is 0.153 e. The van der Waals surface area contributed by atoms with E-state index in [2.05, 4.69) is 4.98 Å². The Labute approximate surface area is 111 Å². The van der Waals surface area contributed by atoms with E-state index in [1.165, 1.54) is 0 Å². The van der Waals surface area contributed by atoms with Gasteiger partial charge >= 0.3 is 0 Å². The highest BCUT2D eigenvalue weighted by atomic mass is 35.5. The zero-order valence-electron chi connectivity index (χ0n) is 10.4. The second-order valence-corrected chi connectivity index (χ2v) is 4.21. The molecule has 0 saturated heterocycles. The third-order valence-corrected chi connectivity index (χ3v) is 3.02. The summed E-state index contributed by atoms with van der Waals surface area (Å²) >= 11 is 5.98. The molecule has 0 unspecified atom stereocenters. The first-order valence-electron chi connectivity index (χ1n) is 5.72. The number of imidazole rings is 1. The van der Waals surface area contributed by atoms with Crippen LogP contribution in [-0.4, -0.2) is 21.3 Å². The maximum atomic E-state index is 9.23. The molecule has 0 spiro atoms. The number of halogens is 1. The van der Waals surface area contributed by atoms with Gasteiger partial charge in [-0.05, 0) is 19.1 Å². The molecule has 4 nitrogen and oxygen atoms in total. The molecule has 0 radical (unpaired) electrons. The summed E-state index contributed by atoms with van der Waals surface area (Å²) in [7, 11) is 1.83. The van der Waals surface area contributed by atoms with Crippen molar-refractivity contribution in [1.82, 2.24) is 9.55 Å². The predicted molar refractivity (Wildman–Crippen MR) is 70.7 cm³/mol. The fourth-order valence-electron chi connectivity index (χ4n) is 1.82. The van der Waals surface area contributed by atoms with Gasteiger partial charge in [0.1, 0.15) is 11.6 Å². The van der Waals surface area contributed by atoms with Crippen molar-refractivity contribution in [2.75, 3.05) is 6.61 Å². The van der Waals surface area contributed by atoms with Gasteiger partial charge < -0.3 is 14.4 Å². The van der Waals surface area contributed by atoms with Crippen molar-refractivity contribution in [1.29, 1.82) is 0 Å². The normalized spacial score (nSPS) is 10.7. The Kier molecular flexibility index (Phi) is 3.89. The molecule has 2 aromatic rings. The SMILES string of the molecule is CCOc1cccc(-c2nc(Cl)c(CO)n2C)c1. The summed E-state index contributed by atoms with van der Waals surface area (Å²) in [4.78, 5) is 4.27. The summed E-state index contributed by atoms with van der Waals surface area (Å²) in [6.45, 7) is 2.42. The third-order valence-electron chi connectivity index (χ3n) is 2.72. The molecule has 0 amide bonds. The molecule has 0 atom stereocenters. The minimum absolute atomic E-state index is 0.131. The van der Waals surface area contributed by atoms with Gasteiger partial charge in [0, 0.05) is 12.6 Å². The number of nitrogens with zero attached hydrogens (tertiary/aromatic N) is 2. The van der Waals surface area contributed by atoms with E-state index in [0.717, 1.165) is 11.3 Å². The van der Waals surface area contributed by atoms with Gasteiger partial charge in [-0.15, -0.1) is 0 Å². The number of aliphatic hydroxyl groups excluding tert-OH is 1. The summed E-state index contributed by atoms with van der Waals surface area (Å²) in [5.41, 5.74) is 1.51. The molecule has 1 aromatic heterocycles. The van der Waals surface area contributed by atoms with Crippen LogP contribution in [0.25, 0.3) is 11.4 Å². The molecule has 2 rings (SSSR count). The largest absolute Gasteiger partial charge is 0.494 e. The van der Waals surface area contributed by atoms with Crippen LogP contribution in [0.1, 0.15) is 12.6 Å². The van der Waals surface area contributed by atoms with E-state index >= 15 is 0 Å². The zero-order chi connectivity index (χ0) is 13.1. The van der Waals surface area contributed by atoms with Gasteiger partial charge in [-0.3, -0.25) is 0 Å². The van der Waals surface area contributed by atoms with Gasteiger partial charge in [0.15, 0.2) is 5.15 Å². The molecule has 0 fully saturated rings. The van der Waals surface area contributed by atoms with Crippen LogP contribution < -0.4 is 4.74 Å². The van der Waals surface area contributed by atoms with Crippen molar-refractivity contribution in [2.45, 2.75) is 13.5 Å². The van der Waals surface area contributed by atoms with Crippen molar-refractivity contribution in [3.05, 3.63) is 35.1 Å². The van der Waals surface area contributed by atoms with Gasteiger partial charge in [0.05, 0.1) is 18.9 Å². The Balaban J connectivity index is 2.45. The van der Waals surface area contributed by atoms with Crippen molar-refractivity contribution in [3.8, 4) is 17.1 Å². The molecule has 1 N–H and O–H groups in total. The van der Waals surface area contributed by atoms with E-state index in [0.29, 0.717) is 23.3 Å². The monoisotopic (exact) mass is 266 g/mol. The third kappa shape index (κ3) is 2.35. The number of benzene rings is 1. The van der Waals surface area contributed by atoms with Crippen LogP contribution >= 0.6 is 11.6 Å². The molecule has 1 heterocycles. The molecule has 0 aliphatic rings. The van der Waals surface area contributed by atoms with E-state index in [-0.39, 0.29) is 6.61 Å². The number of aliphatic hydroxyl groups is 1. The lowest BCUT2D eigenvalue weighted by Crippen LogP contribution is -1.99. The molecule has 0 aliphatic heterocycles. The minimum atomic E-state index is -0.131. The Morgan fingerprint density at radius 1 is 1.44 bits per heavy atom. The predicted octanol–water partition coefficient (Wildman–Crippen LogP) is 2.63. The summed E-state index contributed by atoms with van der Waals surface area (Å²) < 4.78 is 7.24. The molecule has 1 aromatic carbocycles. The lowest BCUT2D eigenvalue weighted by atomic mass is 10.2. The van der Waals surface area contributed by atoms with Crippen molar-refractivity contribution in [3.63, 3.8) is 0 Å². The van der Waals surface area contributed by atoms with E-state index in [1.807, 2.05) is 38.2 Å². The number of hydrogen-bond donors (Lipinski definition) is 1. The van der Waals surface area contributed by atoms with Crippen molar-refractivity contribution >= 4 is 11.6 Å². The molecule has 0 aliphatic carbocycles. The Morgan fingerprint density at radius 3 is 2.83 bits per heavy atom. The van der Waals surface area contributed by atoms with E-state index in [9.17, 15) is 5.11 Å². The van der Waals surface area contributed by atoms with Gasteiger partial charge in [-0.25, -0.2) is 4.98 Å². The van der Waals surface area contributed by atoms with E-state index in [4.69, 9.17) is 16.3 Å². The fraction of sp³-hybridized carbons (Fsp3) is 0.308. The highest BCUT2D eigenvalue weighted by Gasteiger charge is 2.13. The summed E-state index contributed by atoms with van der Waals surface area (Å²) in [5, 5.41) is 9.56. The van der Waals surface area contributed by atoms with Crippen molar-refractivity contribution < 1.29 is 9.84 Å². The van der Waals surface area contributed by atoms with Crippen LogP contribution in [0, 0.1) is 0 Å². The first-order chi connectivity index (χ1) is 8.67. The summed E-state index contributed by atoms with van der Waals surface area (Å²) in [5.74, 6) is 1.50. The van der Waals surface area contributed by atoms with Crippen LogP contribution in [0.2, 0.25) is 5.15 Å². The van der Waals surface area contributed by atoms with Crippen molar-refractivity contribution in [2.24, 2.45) is 7.05 Å². The Morgan fingerprint density at radius 2 is 2.22 bits per heavy atom. The number of rotatable bonds is 4. The van der Waals surface area contributed by atoms with Crippen LogP contribution in [0.5, 0.6) is 5.75 Å². The standard InChI is InChI=1S/C13H15ClN2O2/c1-3-18-10-6-4-5-9(7-10)13-15-12(14)11(8-17)16(13)2/h4-7,17H,3,8H2,1-2H3. The van der Waals surface area contributed by atoms with E-state index < -0.39 is 0 Å². The zero-order valence-corrected chi connectivity index (χ0v) is 11.1. The Hall–Kier alpha value is -1.52. The molecule has 0 bridgehead atoms. The molecular weight excluding hydrogens is 252 g/mol. The molecule has 0 saturated carbocycles. The lowest BCUT2D eigenvalue weighted by Gasteiger charge is -2.07. The van der Waals surface area contributed by atoms with Gasteiger partial charge in [-0.1, -0.05) is 23.7 Å². The first-order valence-corrected chi connectivity index (χ1v) is 6.10. The number of ether oxygens (including phenoxy) is 1. The quantitative estimate of drug-likeness (QED) is 0.925. The highest BCUT2D eigenvalue weighted by molar-refractivity contribution is 6.30. The Bertz CT molecular complexity index is 552. The number of hydrogen-bond acceptors (Lipinski definition) is 3. The maximum absolute atomic E-state index is 9.23. The van der Waals surface area contributed by atoms with E-state index in [1.54, 1.807) is 4.57 Å². The average molecular weight is 267 g/mol. The van der Waals surface area contributed by atoms with Gasteiger partial charge in [0.25, 0.3) is 0 Å². The lowest BCUT2D eigenvalue weighted by molar-refractivity contribution is 0.273. The summed E-state index contributed by atoms with van der Waals surface area (Å²) in [6, 6.07) is 7.64. The summed E-state index contributed by atoms with van der Waals surface area (Å²) in [6.07, 6.45) is 0. The molecular formula is C13H15ClN2O2. The average Bonchev–Trinajstić information content (AvgIpc) is 2.65. The minimum Gasteiger partial charge on any atom is -0.494 e. The second-order valence-electron chi connectivity index (χ2n) is 3.85. The van der Waals surface area contributed by atoms with Gasteiger partial charge in [0.2, 0.25) is 0 Å². The van der Waals surface area contributed by atoms with Crippen LogP contribution in [0.4, 0.5) is 0 Å². The van der Waals surface area contributed by atoms with Crippen LogP contribution in [-0.2, 0) is 13.7 Å². The van der Waals surface area contributed by atoms with Crippen LogP contribution in [0.15, 0.2) is 24.3 Å². The number of aromatic nitrogens is 2. The second kappa shape index (κ2) is 5.42. The molecule has 5 heteroatoms. The molecule has 96 valence electrons. The fourth-order valence-corrected chi connectivity index (χ4v) is 2.09. The molecule has 18 heavy (non-hydrogen) atoms. The topological polar surface area (TPSA) is 47.3 Å². The highest BCUT2D eigenvalue weighted by Crippen LogP contribution is 2.27. The van der Waals surface area contributed by atoms with Gasteiger partial charge in [-0.2, -0.15) is 0 Å².